The summed E-state index contributed by atoms with van der Waals surface area (Å²) in [4.78, 5) is 12.1. The summed E-state index contributed by atoms with van der Waals surface area (Å²) in [6.07, 6.45) is -4.47. The second-order valence-corrected chi connectivity index (χ2v) is 4.74. The van der Waals surface area contributed by atoms with Crippen molar-refractivity contribution in [2.45, 2.75) is 6.18 Å². The molecule has 1 nitrogen and oxygen atoms in total. The SMILES string of the molecule is O=C(c1ccccc1)c1cc(C(F)(F)F)ccc1Br. The number of benzene rings is 2. The molecule has 0 aliphatic carbocycles. The van der Waals surface area contributed by atoms with E-state index in [1.165, 1.54) is 6.07 Å². The van der Waals surface area contributed by atoms with Gasteiger partial charge in [0, 0.05) is 15.6 Å². The van der Waals surface area contributed by atoms with Crippen LogP contribution < -0.4 is 0 Å². The van der Waals surface area contributed by atoms with Gasteiger partial charge in [-0.2, -0.15) is 13.2 Å². The summed E-state index contributed by atoms with van der Waals surface area (Å²) in [7, 11) is 0. The van der Waals surface area contributed by atoms with Crippen molar-refractivity contribution < 1.29 is 18.0 Å². The van der Waals surface area contributed by atoms with Crippen LogP contribution in [0.25, 0.3) is 0 Å². The predicted octanol–water partition coefficient (Wildman–Crippen LogP) is 4.70. The van der Waals surface area contributed by atoms with E-state index < -0.39 is 17.5 Å². The van der Waals surface area contributed by atoms with Crippen molar-refractivity contribution >= 4 is 21.7 Å². The van der Waals surface area contributed by atoms with Crippen LogP contribution in [0.15, 0.2) is 53.0 Å². The van der Waals surface area contributed by atoms with Gasteiger partial charge < -0.3 is 0 Å². The zero-order valence-electron chi connectivity index (χ0n) is 9.54. The van der Waals surface area contributed by atoms with Crippen LogP contribution >= 0.6 is 15.9 Å². The van der Waals surface area contributed by atoms with Crippen molar-refractivity contribution in [2.24, 2.45) is 0 Å². The van der Waals surface area contributed by atoms with Crippen molar-refractivity contribution in [3.05, 3.63) is 69.7 Å². The molecule has 2 aromatic carbocycles. The Kier molecular flexibility index (Phi) is 3.75. The Morgan fingerprint density at radius 1 is 1.00 bits per heavy atom. The Hall–Kier alpha value is -1.62. The molecule has 0 saturated heterocycles. The minimum absolute atomic E-state index is 0.000949. The maximum atomic E-state index is 12.6. The quantitative estimate of drug-likeness (QED) is 0.730. The van der Waals surface area contributed by atoms with Crippen molar-refractivity contribution in [3.63, 3.8) is 0 Å². The van der Waals surface area contributed by atoms with Crippen LogP contribution in [-0.2, 0) is 6.18 Å². The highest BCUT2D eigenvalue weighted by molar-refractivity contribution is 9.10. The predicted molar refractivity (Wildman–Crippen MR) is 69.0 cm³/mol. The van der Waals surface area contributed by atoms with E-state index in [1.54, 1.807) is 30.3 Å². The monoisotopic (exact) mass is 328 g/mol. The van der Waals surface area contributed by atoms with Gasteiger partial charge in [0.2, 0.25) is 0 Å². The third kappa shape index (κ3) is 3.04. The number of carbonyl (C=O) groups is 1. The minimum Gasteiger partial charge on any atom is -0.289 e. The Morgan fingerprint density at radius 2 is 1.63 bits per heavy atom. The van der Waals surface area contributed by atoms with E-state index in [-0.39, 0.29) is 5.56 Å². The maximum Gasteiger partial charge on any atom is 0.416 e. The van der Waals surface area contributed by atoms with E-state index in [0.717, 1.165) is 12.1 Å². The van der Waals surface area contributed by atoms with Gasteiger partial charge in [0.1, 0.15) is 0 Å². The first kappa shape index (κ1) is 13.8. The first-order valence-electron chi connectivity index (χ1n) is 5.36. The molecule has 0 fully saturated rings. The Bertz CT molecular complexity index is 606. The molecule has 0 aliphatic rings. The summed E-state index contributed by atoms with van der Waals surface area (Å²) in [6.45, 7) is 0. The van der Waals surface area contributed by atoms with Crippen molar-refractivity contribution in [3.8, 4) is 0 Å². The first-order chi connectivity index (χ1) is 8.89. The van der Waals surface area contributed by atoms with Crippen molar-refractivity contribution in [1.82, 2.24) is 0 Å². The van der Waals surface area contributed by atoms with E-state index in [1.807, 2.05) is 0 Å². The van der Waals surface area contributed by atoms with Crippen LogP contribution in [0.1, 0.15) is 21.5 Å². The van der Waals surface area contributed by atoms with Gasteiger partial charge in [-0.1, -0.05) is 46.3 Å². The average molecular weight is 329 g/mol. The third-order valence-electron chi connectivity index (χ3n) is 2.57. The van der Waals surface area contributed by atoms with Crippen molar-refractivity contribution in [2.75, 3.05) is 0 Å². The second-order valence-electron chi connectivity index (χ2n) is 3.89. The van der Waals surface area contributed by atoms with E-state index in [4.69, 9.17) is 0 Å². The smallest absolute Gasteiger partial charge is 0.289 e. The maximum absolute atomic E-state index is 12.6. The van der Waals surface area contributed by atoms with Crippen LogP contribution in [-0.4, -0.2) is 5.78 Å². The van der Waals surface area contributed by atoms with E-state index in [2.05, 4.69) is 15.9 Å². The lowest BCUT2D eigenvalue weighted by molar-refractivity contribution is -0.137. The van der Waals surface area contributed by atoms with Crippen molar-refractivity contribution in [1.29, 1.82) is 0 Å². The van der Waals surface area contributed by atoms with Gasteiger partial charge in [0.15, 0.2) is 5.78 Å². The molecule has 0 heterocycles. The molecule has 0 N–H and O–H groups in total. The van der Waals surface area contributed by atoms with E-state index in [9.17, 15) is 18.0 Å². The Labute approximate surface area is 116 Å². The molecule has 19 heavy (non-hydrogen) atoms. The molecule has 2 aromatic rings. The highest BCUT2D eigenvalue weighted by Gasteiger charge is 2.31. The number of alkyl halides is 3. The molecular weight excluding hydrogens is 321 g/mol. The fourth-order valence-electron chi connectivity index (χ4n) is 1.62. The number of rotatable bonds is 2. The summed E-state index contributed by atoms with van der Waals surface area (Å²) in [6, 6.07) is 11.2. The van der Waals surface area contributed by atoms with Crippen LogP contribution in [0.5, 0.6) is 0 Å². The summed E-state index contributed by atoms with van der Waals surface area (Å²) < 4.78 is 38.3. The molecule has 0 atom stereocenters. The van der Waals surface area contributed by atoms with Crippen LogP contribution in [0, 0.1) is 0 Å². The Morgan fingerprint density at radius 3 is 2.21 bits per heavy atom. The highest BCUT2D eigenvalue weighted by Crippen LogP contribution is 2.32. The number of hydrogen-bond acceptors (Lipinski definition) is 1. The van der Waals surface area contributed by atoms with Gasteiger partial charge in [-0.3, -0.25) is 4.79 Å². The average Bonchev–Trinajstić information content (AvgIpc) is 2.38. The molecule has 2 rings (SSSR count). The normalized spacial score (nSPS) is 11.4. The molecule has 0 aromatic heterocycles. The summed E-state index contributed by atoms with van der Waals surface area (Å²) in [5.74, 6) is -0.446. The van der Waals surface area contributed by atoms with Gasteiger partial charge in [-0.05, 0) is 18.2 Å². The standard InChI is InChI=1S/C14H8BrF3O/c15-12-7-6-10(14(16,17)18)8-11(12)13(19)9-4-2-1-3-5-9/h1-8H. The zero-order chi connectivity index (χ0) is 14.0. The number of halogens is 4. The fraction of sp³-hybridized carbons (Fsp3) is 0.0714. The van der Waals surface area contributed by atoms with Gasteiger partial charge in [0.25, 0.3) is 0 Å². The molecule has 0 aliphatic heterocycles. The summed E-state index contributed by atoms with van der Waals surface area (Å²) in [5, 5.41) is 0. The first-order valence-corrected chi connectivity index (χ1v) is 6.15. The lowest BCUT2D eigenvalue weighted by Gasteiger charge is -2.10. The van der Waals surface area contributed by atoms with Gasteiger partial charge in [0.05, 0.1) is 5.56 Å². The largest absolute Gasteiger partial charge is 0.416 e. The minimum atomic E-state index is -4.47. The fourth-order valence-corrected chi connectivity index (χ4v) is 2.05. The van der Waals surface area contributed by atoms with Gasteiger partial charge >= 0.3 is 6.18 Å². The molecule has 0 bridgehead atoms. The molecule has 0 saturated carbocycles. The molecule has 0 amide bonds. The second kappa shape index (κ2) is 5.17. The highest BCUT2D eigenvalue weighted by atomic mass is 79.9. The zero-order valence-corrected chi connectivity index (χ0v) is 11.1. The molecule has 98 valence electrons. The lowest BCUT2D eigenvalue weighted by Crippen LogP contribution is -2.09. The molecule has 0 unspecified atom stereocenters. The molecule has 0 spiro atoms. The summed E-state index contributed by atoms with van der Waals surface area (Å²) >= 11 is 3.11. The van der Waals surface area contributed by atoms with Gasteiger partial charge in [-0.15, -0.1) is 0 Å². The van der Waals surface area contributed by atoms with E-state index in [0.29, 0.717) is 10.0 Å². The van der Waals surface area contributed by atoms with Crippen LogP contribution in [0.4, 0.5) is 13.2 Å². The topological polar surface area (TPSA) is 17.1 Å². The van der Waals surface area contributed by atoms with Crippen LogP contribution in [0.3, 0.4) is 0 Å². The van der Waals surface area contributed by atoms with E-state index >= 15 is 0 Å². The molecular formula is C14H8BrF3O. The van der Waals surface area contributed by atoms with Gasteiger partial charge in [-0.25, -0.2) is 0 Å². The third-order valence-corrected chi connectivity index (χ3v) is 3.27. The Balaban J connectivity index is 2.48. The molecule has 5 heteroatoms. The number of hydrogen-bond donors (Lipinski definition) is 0. The van der Waals surface area contributed by atoms with Crippen LogP contribution in [0.2, 0.25) is 0 Å². The number of carbonyl (C=O) groups excluding carboxylic acids is 1. The number of ketones is 1. The lowest BCUT2D eigenvalue weighted by atomic mass is 10.0. The summed E-state index contributed by atoms with van der Waals surface area (Å²) in [5.41, 5.74) is -0.487. The molecule has 0 radical (unpaired) electrons.